The number of carbonyl (C=O) groups excluding carboxylic acids is 1. The van der Waals surface area contributed by atoms with Crippen molar-refractivity contribution in [2.24, 2.45) is 5.41 Å². The number of fused-ring (bicyclic) bond motifs is 9. The second-order valence-electron chi connectivity index (χ2n) is 8.82. The predicted octanol–water partition coefficient (Wildman–Crippen LogP) is 1.94. The maximum absolute atomic E-state index is 12.9. The predicted molar refractivity (Wildman–Crippen MR) is 116 cm³/mol. The highest BCUT2D eigenvalue weighted by Crippen LogP contribution is 2.37. The van der Waals surface area contributed by atoms with E-state index < -0.39 is 0 Å². The van der Waals surface area contributed by atoms with Crippen LogP contribution >= 0.6 is 0 Å². The van der Waals surface area contributed by atoms with E-state index in [2.05, 4.69) is 21.0 Å². The first-order chi connectivity index (χ1) is 15.2. The number of hydrogen-bond acceptors (Lipinski definition) is 6. The standard InChI is InChI=1S/C23H33N5O3/c29-17-23-7-3-4-10-27(22(30)16-28-19-24-18-25-28)13-14-31-21-6-2-1-5-20(21)15-26(11-8-23)12-9-23/h1-2,5-6,18-19,29H,3-4,7-17H2. The van der Waals surface area contributed by atoms with Gasteiger partial charge in [-0.15, -0.1) is 0 Å². The van der Waals surface area contributed by atoms with Gasteiger partial charge < -0.3 is 14.7 Å². The Bertz CT molecular complexity index is 833. The van der Waals surface area contributed by atoms with Crippen molar-refractivity contribution in [3.63, 3.8) is 0 Å². The van der Waals surface area contributed by atoms with Crippen molar-refractivity contribution in [3.05, 3.63) is 42.5 Å². The summed E-state index contributed by atoms with van der Waals surface area (Å²) in [6.45, 7) is 4.96. The molecule has 1 aromatic heterocycles. The summed E-state index contributed by atoms with van der Waals surface area (Å²) in [6.07, 6.45) is 7.98. The van der Waals surface area contributed by atoms with E-state index in [1.165, 1.54) is 11.9 Å². The largest absolute Gasteiger partial charge is 0.491 e. The van der Waals surface area contributed by atoms with Gasteiger partial charge in [0.05, 0.1) is 6.54 Å². The summed E-state index contributed by atoms with van der Waals surface area (Å²) in [7, 11) is 0. The summed E-state index contributed by atoms with van der Waals surface area (Å²) in [5, 5.41) is 14.2. The van der Waals surface area contributed by atoms with E-state index in [0.29, 0.717) is 19.7 Å². The number of aliphatic hydroxyl groups is 1. The number of aromatic nitrogens is 3. The van der Waals surface area contributed by atoms with Gasteiger partial charge in [0, 0.05) is 25.3 Å². The second kappa shape index (κ2) is 10.2. The molecule has 5 rings (SSSR count). The summed E-state index contributed by atoms with van der Waals surface area (Å²) >= 11 is 0. The molecule has 0 spiro atoms. The first-order valence-electron chi connectivity index (χ1n) is 11.3. The highest BCUT2D eigenvalue weighted by atomic mass is 16.5. The smallest absolute Gasteiger partial charge is 0.244 e. The Morgan fingerprint density at radius 2 is 1.94 bits per heavy atom. The molecule has 1 N–H and O–H groups in total. The Labute approximate surface area is 183 Å². The Balaban J connectivity index is 1.48. The molecule has 0 atom stereocenters. The van der Waals surface area contributed by atoms with Crippen LogP contribution in [0.25, 0.3) is 0 Å². The van der Waals surface area contributed by atoms with Crippen molar-refractivity contribution in [3.8, 4) is 5.75 Å². The van der Waals surface area contributed by atoms with E-state index in [0.717, 1.165) is 57.5 Å². The maximum Gasteiger partial charge on any atom is 0.244 e. The molecule has 2 bridgehead atoms. The van der Waals surface area contributed by atoms with E-state index >= 15 is 0 Å². The second-order valence-corrected chi connectivity index (χ2v) is 8.82. The van der Waals surface area contributed by atoms with Crippen LogP contribution in [0.15, 0.2) is 36.9 Å². The molecule has 3 aliphatic heterocycles. The topological polar surface area (TPSA) is 83.7 Å². The zero-order chi connectivity index (χ0) is 21.5. The van der Waals surface area contributed by atoms with Gasteiger partial charge >= 0.3 is 0 Å². The monoisotopic (exact) mass is 427 g/mol. The lowest BCUT2D eigenvalue weighted by Crippen LogP contribution is -2.41. The zero-order valence-electron chi connectivity index (χ0n) is 18.2. The number of rotatable bonds is 3. The molecule has 8 nitrogen and oxygen atoms in total. The van der Waals surface area contributed by atoms with Crippen molar-refractivity contribution in [1.29, 1.82) is 0 Å². The molecule has 1 fully saturated rings. The quantitative estimate of drug-likeness (QED) is 0.806. The Morgan fingerprint density at radius 3 is 2.71 bits per heavy atom. The van der Waals surface area contributed by atoms with Crippen molar-refractivity contribution in [2.45, 2.75) is 45.2 Å². The van der Waals surface area contributed by atoms with Crippen LogP contribution in [0.5, 0.6) is 5.75 Å². The average Bonchev–Trinajstić information content (AvgIpc) is 3.30. The minimum absolute atomic E-state index is 0.0161. The molecule has 4 heterocycles. The number of aliphatic hydroxyl groups excluding tert-OH is 1. The van der Waals surface area contributed by atoms with Crippen LogP contribution < -0.4 is 4.74 Å². The van der Waals surface area contributed by atoms with Gasteiger partial charge in [-0.3, -0.25) is 9.69 Å². The van der Waals surface area contributed by atoms with Gasteiger partial charge in [-0.25, -0.2) is 9.67 Å². The zero-order valence-corrected chi connectivity index (χ0v) is 18.2. The normalized spacial score (nSPS) is 25.2. The summed E-state index contributed by atoms with van der Waals surface area (Å²) in [4.78, 5) is 21.1. The first kappa shape index (κ1) is 21.8. The number of amides is 1. The van der Waals surface area contributed by atoms with Gasteiger partial charge in [0.1, 0.15) is 31.6 Å². The summed E-state index contributed by atoms with van der Waals surface area (Å²) in [5.41, 5.74) is 1.19. The molecule has 31 heavy (non-hydrogen) atoms. The van der Waals surface area contributed by atoms with E-state index in [-0.39, 0.29) is 24.5 Å². The number of piperidine rings is 1. The fraction of sp³-hybridized carbons (Fsp3) is 0.609. The van der Waals surface area contributed by atoms with Crippen LogP contribution in [-0.2, 0) is 17.9 Å². The summed E-state index contributed by atoms with van der Waals surface area (Å²) in [5.74, 6) is 0.913. The molecule has 1 aromatic carbocycles. The summed E-state index contributed by atoms with van der Waals surface area (Å²) < 4.78 is 7.69. The molecular weight excluding hydrogens is 394 g/mol. The third-order valence-corrected chi connectivity index (χ3v) is 6.74. The lowest BCUT2D eigenvalue weighted by Gasteiger charge is -2.41. The lowest BCUT2D eigenvalue weighted by molar-refractivity contribution is -0.132. The maximum atomic E-state index is 12.9. The molecule has 0 saturated carbocycles. The van der Waals surface area contributed by atoms with Crippen LogP contribution in [0.1, 0.15) is 37.7 Å². The van der Waals surface area contributed by atoms with Gasteiger partial charge in [0.15, 0.2) is 0 Å². The molecule has 8 heteroatoms. The van der Waals surface area contributed by atoms with Crippen LogP contribution in [0.3, 0.4) is 0 Å². The van der Waals surface area contributed by atoms with E-state index in [1.807, 2.05) is 23.1 Å². The van der Waals surface area contributed by atoms with Crippen LogP contribution in [0.4, 0.5) is 0 Å². The molecule has 168 valence electrons. The number of benzene rings is 1. The third kappa shape index (κ3) is 5.62. The van der Waals surface area contributed by atoms with Crippen molar-refractivity contribution in [1.82, 2.24) is 24.6 Å². The van der Waals surface area contributed by atoms with Gasteiger partial charge in [-0.05, 0) is 50.3 Å². The molecule has 3 aliphatic rings. The van der Waals surface area contributed by atoms with Crippen LogP contribution in [0, 0.1) is 5.41 Å². The van der Waals surface area contributed by atoms with Crippen molar-refractivity contribution >= 4 is 5.91 Å². The lowest BCUT2D eigenvalue weighted by atomic mass is 9.75. The molecule has 1 saturated heterocycles. The number of nitrogens with zero attached hydrogens (tertiary/aromatic N) is 5. The van der Waals surface area contributed by atoms with Gasteiger partial charge in [0.25, 0.3) is 0 Å². The molecule has 0 radical (unpaired) electrons. The van der Waals surface area contributed by atoms with Crippen LogP contribution in [-0.4, -0.2) is 75.0 Å². The third-order valence-electron chi connectivity index (χ3n) is 6.74. The Morgan fingerprint density at radius 1 is 1.10 bits per heavy atom. The Kier molecular flexibility index (Phi) is 7.19. The Hall–Kier alpha value is -2.45. The van der Waals surface area contributed by atoms with Gasteiger partial charge in [-0.2, -0.15) is 5.10 Å². The first-order valence-corrected chi connectivity index (χ1v) is 11.3. The fourth-order valence-electron chi connectivity index (χ4n) is 4.67. The average molecular weight is 428 g/mol. The molecule has 0 aliphatic carbocycles. The minimum atomic E-state index is 0.0161. The number of ether oxygens (including phenoxy) is 1. The van der Waals surface area contributed by atoms with Gasteiger partial charge in [0.2, 0.25) is 5.91 Å². The van der Waals surface area contributed by atoms with E-state index in [1.54, 1.807) is 11.0 Å². The molecule has 0 unspecified atom stereocenters. The highest BCUT2D eigenvalue weighted by Gasteiger charge is 2.33. The van der Waals surface area contributed by atoms with E-state index in [9.17, 15) is 9.90 Å². The van der Waals surface area contributed by atoms with Crippen molar-refractivity contribution in [2.75, 3.05) is 39.4 Å². The molecule has 1 amide bonds. The fourth-order valence-corrected chi connectivity index (χ4v) is 4.67. The highest BCUT2D eigenvalue weighted by molar-refractivity contribution is 5.75. The number of hydrogen-bond donors (Lipinski definition) is 1. The summed E-state index contributed by atoms with van der Waals surface area (Å²) in [6, 6.07) is 8.17. The molecular formula is C23H33N5O3. The SMILES string of the molecule is O=C(Cn1cncn1)N1CCCCC2(CO)CCN(CC2)Cc2ccccc2OCC1. The van der Waals surface area contributed by atoms with E-state index in [4.69, 9.17) is 4.74 Å². The van der Waals surface area contributed by atoms with Gasteiger partial charge in [-0.1, -0.05) is 24.6 Å². The number of para-hydroxylation sites is 1. The van der Waals surface area contributed by atoms with Crippen molar-refractivity contribution < 1.29 is 14.6 Å². The molecule has 2 aromatic rings. The minimum Gasteiger partial charge on any atom is -0.491 e. The van der Waals surface area contributed by atoms with Crippen LogP contribution in [0.2, 0.25) is 0 Å². The number of carbonyl (C=O) groups is 1.